The molecular formula is C10H6ClN2O3S-. The summed E-state index contributed by atoms with van der Waals surface area (Å²) < 4.78 is 22.0. The Morgan fingerprint density at radius 3 is 2.41 bits per heavy atom. The lowest BCUT2D eigenvalue weighted by Crippen LogP contribution is -3.00. The van der Waals surface area contributed by atoms with Crippen LogP contribution >= 0.6 is 0 Å². The predicted molar refractivity (Wildman–Crippen MR) is 57.5 cm³/mol. The van der Waals surface area contributed by atoms with Crippen molar-refractivity contribution in [2.45, 2.75) is 4.90 Å². The van der Waals surface area contributed by atoms with Crippen LogP contribution in [0.1, 0.15) is 0 Å². The summed E-state index contributed by atoms with van der Waals surface area (Å²) in [6.07, 6.45) is 0. The fourth-order valence-electron chi connectivity index (χ4n) is 1.53. The number of halogens is 1. The molecule has 0 amide bonds. The molecule has 5 nitrogen and oxygen atoms in total. The molecule has 88 valence electrons. The molecule has 17 heavy (non-hydrogen) atoms. The molecule has 1 atom stereocenters. The van der Waals surface area contributed by atoms with Crippen molar-refractivity contribution in [3.05, 3.63) is 35.3 Å². The lowest BCUT2D eigenvalue weighted by atomic mass is 10.1. The van der Waals surface area contributed by atoms with E-state index in [0.29, 0.717) is 10.8 Å². The van der Waals surface area contributed by atoms with E-state index in [4.69, 9.17) is 5.39 Å². The van der Waals surface area contributed by atoms with Gasteiger partial charge in [0.25, 0.3) is 0 Å². The first-order valence-corrected chi connectivity index (χ1v) is 5.41. The van der Waals surface area contributed by atoms with E-state index in [-0.39, 0.29) is 28.7 Å². The first-order valence-electron chi connectivity index (χ1n) is 4.34. The molecule has 0 saturated heterocycles. The highest BCUT2D eigenvalue weighted by molar-refractivity contribution is 7.79. The van der Waals surface area contributed by atoms with Crippen LogP contribution in [0.25, 0.3) is 15.7 Å². The summed E-state index contributed by atoms with van der Waals surface area (Å²) in [5.74, 6) is -0.243. The zero-order valence-electron chi connectivity index (χ0n) is 8.33. The first kappa shape index (κ1) is 13.4. The third kappa shape index (κ3) is 2.22. The van der Waals surface area contributed by atoms with Gasteiger partial charge in [-0.25, -0.2) is 0 Å². The molecular weight excluding hydrogens is 264 g/mol. The van der Waals surface area contributed by atoms with Gasteiger partial charge in [0.05, 0.1) is 6.07 Å². The molecule has 0 bridgehead atoms. The smallest absolute Gasteiger partial charge is 0.427 e. The molecule has 2 aromatic rings. The van der Waals surface area contributed by atoms with E-state index >= 15 is 0 Å². The van der Waals surface area contributed by atoms with Gasteiger partial charge in [-0.2, -0.15) is 0 Å². The van der Waals surface area contributed by atoms with Crippen molar-refractivity contribution in [2.75, 3.05) is 0 Å². The van der Waals surface area contributed by atoms with E-state index in [0.717, 1.165) is 6.07 Å². The summed E-state index contributed by atoms with van der Waals surface area (Å²) in [6, 6.07) is 7.55. The predicted octanol–water partition coefficient (Wildman–Crippen LogP) is -0.728. The van der Waals surface area contributed by atoms with Gasteiger partial charge < -0.3 is 22.1 Å². The highest BCUT2D eigenvalue weighted by Gasteiger charge is 2.19. The van der Waals surface area contributed by atoms with E-state index < -0.39 is 11.1 Å². The lowest BCUT2D eigenvalue weighted by molar-refractivity contribution is -0.00000673. The summed E-state index contributed by atoms with van der Waals surface area (Å²) in [5.41, 5.74) is -0.169. The van der Waals surface area contributed by atoms with Crippen molar-refractivity contribution in [1.82, 2.24) is 0 Å². The molecule has 0 aliphatic carbocycles. The zero-order chi connectivity index (χ0) is 11.7. The van der Waals surface area contributed by atoms with Gasteiger partial charge in [-0.1, -0.05) is 24.3 Å². The lowest BCUT2D eigenvalue weighted by Gasteiger charge is -2.08. The maximum Gasteiger partial charge on any atom is 0.427 e. The molecule has 7 heteroatoms. The largest absolute Gasteiger partial charge is 1.00 e. The fourth-order valence-corrected chi connectivity index (χ4v) is 2.09. The van der Waals surface area contributed by atoms with Crippen molar-refractivity contribution in [3.63, 3.8) is 0 Å². The molecule has 0 heterocycles. The Bertz CT molecular complexity index is 639. The van der Waals surface area contributed by atoms with E-state index in [1.54, 1.807) is 24.3 Å². The second kappa shape index (κ2) is 5.10. The van der Waals surface area contributed by atoms with Crippen molar-refractivity contribution >= 4 is 27.5 Å². The van der Waals surface area contributed by atoms with Gasteiger partial charge in [0, 0.05) is 15.7 Å². The highest BCUT2D eigenvalue weighted by Crippen LogP contribution is 2.37. The van der Waals surface area contributed by atoms with Crippen LogP contribution in [0.5, 0.6) is 5.75 Å². The molecule has 0 fully saturated rings. The maximum atomic E-state index is 11.0. The molecule has 0 saturated carbocycles. The van der Waals surface area contributed by atoms with E-state index in [1.165, 1.54) is 0 Å². The standard InChI is InChI=1S/C10H6N2O3S.ClH/c11-12-8-5-9(16(14)15)6-3-1-2-4-7(6)10(8)13;/h1-5H,(H-,13,14,15);1H/p-1. The minimum Gasteiger partial charge on any atom is -1.00 e. The van der Waals surface area contributed by atoms with Crippen molar-refractivity contribution in [3.8, 4) is 5.75 Å². The Morgan fingerprint density at radius 2 is 1.88 bits per heavy atom. The summed E-state index contributed by atoms with van der Waals surface area (Å²) in [6.45, 7) is 0. The van der Waals surface area contributed by atoms with Crippen molar-refractivity contribution in [1.29, 1.82) is 5.39 Å². The number of hydrogen-bond donors (Lipinski definition) is 1. The molecule has 1 N–H and O–H groups in total. The quantitative estimate of drug-likeness (QED) is 0.546. The third-order valence-corrected chi connectivity index (χ3v) is 2.94. The van der Waals surface area contributed by atoms with Crippen LogP contribution in [-0.2, 0) is 11.1 Å². The second-order valence-electron chi connectivity index (χ2n) is 3.12. The number of nitrogens with zero attached hydrogens (tertiary/aromatic N) is 2. The van der Waals surface area contributed by atoms with E-state index in [1.807, 2.05) is 0 Å². The van der Waals surface area contributed by atoms with Crippen LogP contribution in [-0.4, -0.2) is 13.9 Å². The molecule has 1 unspecified atom stereocenters. The fraction of sp³-hybridized carbons (Fsp3) is 0. The van der Waals surface area contributed by atoms with E-state index in [2.05, 4.69) is 4.98 Å². The average Bonchev–Trinajstić information content (AvgIpc) is 2.29. The average molecular weight is 270 g/mol. The van der Waals surface area contributed by atoms with Crippen LogP contribution in [0.15, 0.2) is 35.2 Å². The minimum atomic E-state index is -2.46. The Kier molecular flexibility index (Phi) is 4.02. The number of phenolic OH excluding ortho intramolecular Hbond substituents is 1. The normalized spacial score (nSPS) is 11.5. The Balaban J connectivity index is 0.00000144. The molecule has 2 rings (SSSR count). The van der Waals surface area contributed by atoms with Gasteiger partial charge in [0.15, 0.2) is 4.98 Å². The minimum absolute atomic E-state index is 0. The zero-order valence-corrected chi connectivity index (χ0v) is 9.90. The summed E-state index contributed by atoms with van der Waals surface area (Å²) >= 11 is -2.46. The molecule has 0 aromatic heterocycles. The van der Waals surface area contributed by atoms with Gasteiger partial charge in [0.1, 0.15) is 0 Å². The second-order valence-corrected chi connectivity index (χ2v) is 4.03. The van der Waals surface area contributed by atoms with Crippen molar-refractivity contribution < 1.29 is 26.3 Å². The van der Waals surface area contributed by atoms with E-state index in [9.17, 15) is 13.9 Å². The SMILES string of the molecule is N#[N+]c1cc(S(=O)[O-])c2ccccc2c1O.[Cl-]. The molecule has 0 radical (unpaired) electrons. The van der Waals surface area contributed by atoms with Crippen LogP contribution in [0.2, 0.25) is 0 Å². The first-order chi connectivity index (χ1) is 7.65. The van der Waals surface area contributed by atoms with Gasteiger partial charge >= 0.3 is 5.69 Å². The number of fused-ring (bicyclic) bond motifs is 1. The van der Waals surface area contributed by atoms with Crippen LogP contribution in [0.4, 0.5) is 5.69 Å². The maximum absolute atomic E-state index is 11.0. The van der Waals surface area contributed by atoms with Crippen molar-refractivity contribution in [2.24, 2.45) is 0 Å². The van der Waals surface area contributed by atoms with Crippen LogP contribution < -0.4 is 12.4 Å². The third-order valence-electron chi connectivity index (χ3n) is 2.25. The highest BCUT2D eigenvalue weighted by atomic mass is 35.5. The number of diazo groups is 1. The van der Waals surface area contributed by atoms with Gasteiger partial charge in [-0.3, -0.25) is 4.21 Å². The number of rotatable bonds is 1. The van der Waals surface area contributed by atoms with Gasteiger partial charge in [-0.05, 0) is 11.1 Å². The van der Waals surface area contributed by atoms with Gasteiger partial charge in [0.2, 0.25) is 11.1 Å². The number of aromatic hydroxyl groups is 1. The summed E-state index contributed by atoms with van der Waals surface area (Å²) in [7, 11) is 0. The van der Waals surface area contributed by atoms with Crippen LogP contribution in [0.3, 0.4) is 0 Å². The topological polar surface area (TPSA) is 88.5 Å². The Morgan fingerprint density at radius 1 is 1.29 bits per heavy atom. The molecule has 0 aliphatic rings. The Labute approximate surface area is 105 Å². The monoisotopic (exact) mass is 269 g/mol. The molecule has 2 aromatic carbocycles. The van der Waals surface area contributed by atoms with Gasteiger partial charge in [-0.15, -0.1) is 0 Å². The summed E-state index contributed by atoms with van der Waals surface area (Å²) in [4.78, 5) is 2.83. The number of phenols is 1. The molecule has 0 aliphatic heterocycles. The number of hydrogen-bond acceptors (Lipinski definition) is 4. The number of benzene rings is 2. The molecule has 0 spiro atoms. The van der Waals surface area contributed by atoms with Crippen LogP contribution in [0, 0.1) is 5.39 Å². The Hall–Kier alpha value is -1.68. The summed E-state index contributed by atoms with van der Waals surface area (Å²) in [5, 5.41) is 19.1.